The summed E-state index contributed by atoms with van der Waals surface area (Å²) in [4.78, 5) is 12.3. The average molecular weight is 405 g/mol. The number of nitrogens with one attached hydrogen (secondary N) is 1. The topological polar surface area (TPSA) is 98.5 Å². The number of sulfonamides is 1. The number of amides is 1. The summed E-state index contributed by atoms with van der Waals surface area (Å²) in [5, 5.41) is 9.57. The van der Waals surface area contributed by atoms with Crippen LogP contribution < -0.4 is 15.2 Å². The number of ether oxygens (including phenoxy) is 1. The summed E-state index contributed by atoms with van der Waals surface area (Å²) >= 11 is 6.08. The molecular formula is C19H17ClN2O4S. The maximum absolute atomic E-state index is 12.4. The summed E-state index contributed by atoms with van der Waals surface area (Å²) in [5.74, 6) is 0.180. The normalized spacial score (nSPS) is 11.4. The van der Waals surface area contributed by atoms with Crippen LogP contribution >= 0.6 is 11.6 Å². The van der Waals surface area contributed by atoms with E-state index in [2.05, 4.69) is 5.32 Å². The molecule has 0 saturated heterocycles. The third kappa shape index (κ3) is 4.39. The fourth-order valence-electron chi connectivity index (χ4n) is 2.76. The second-order valence-electron chi connectivity index (χ2n) is 5.92. The summed E-state index contributed by atoms with van der Waals surface area (Å²) in [7, 11) is -2.52. The van der Waals surface area contributed by atoms with E-state index in [-0.39, 0.29) is 17.2 Å². The lowest BCUT2D eigenvalue weighted by atomic mass is 10.1. The largest absolute Gasteiger partial charge is 0.497 e. The molecule has 1 amide bonds. The minimum absolute atomic E-state index is 0.0605. The highest BCUT2D eigenvalue weighted by Gasteiger charge is 2.16. The minimum Gasteiger partial charge on any atom is -0.497 e. The molecule has 0 atom stereocenters. The molecule has 3 rings (SSSR count). The molecule has 3 aromatic rings. The highest BCUT2D eigenvalue weighted by molar-refractivity contribution is 7.89. The molecule has 0 saturated carbocycles. The van der Waals surface area contributed by atoms with Crippen molar-refractivity contribution in [1.29, 1.82) is 0 Å². The highest BCUT2D eigenvalue weighted by Crippen LogP contribution is 2.30. The van der Waals surface area contributed by atoms with Crippen molar-refractivity contribution in [3.8, 4) is 5.75 Å². The molecule has 140 valence electrons. The first-order valence-electron chi connectivity index (χ1n) is 7.96. The number of anilines is 1. The van der Waals surface area contributed by atoms with Crippen molar-refractivity contribution in [3.63, 3.8) is 0 Å². The van der Waals surface area contributed by atoms with Gasteiger partial charge in [-0.15, -0.1) is 0 Å². The van der Waals surface area contributed by atoms with Gasteiger partial charge in [-0.25, -0.2) is 13.6 Å². The first kappa shape index (κ1) is 19.2. The molecule has 0 bridgehead atoms. The Labute approximate surface area is 161 Å². The van der Waals surface area contributed by atoms with Crippen LogP contribution in [0.4, 0.5) is 5.69 Å². The Balaban J connectivity index is 1.97. The van der Waals surface area contributed by atoms with Crippen molar-refractivity contribution >= 4 is 44.0 Å². The Bertz CT molecular complexity index is 1130. The minimum atomic E-state index is -4.01. The Morgan fingerprint density at radius 3 is 2.56 bits per heavy atom. The summed E-state index contributed by atoms with van der Waals surface area (Å²) in [6.45, 7) is 0. The number of carbonyl (C=O) groups excluding carboxylic acids is 1. The zero-order chi connectivity index (χ0) is 19.6. The molecule has 0 fully saturated rings. The molecule has 3 aromatic carbocycles. The van der Waals surface area contributed by atoms with E-state index in [1.54, 1.807) is 48.5 Å². The lowest BCUT2D eigenvalue weighted by Gasteiger charge is -2.12. The van der Waals surface area contributed by atoms with Crippen LogP contribution in [0.15, 0.2) is 59.5 Å². The predicted molar refractivity (Wildman–Crippen MR) is 106 cm³/mol. The smallest absolute Gasteiger partial charge is 0.238 e. The number of halogens is 1. The number of fused-ring (bicyclic) bond motifs is 1. The zero-order valence-electron chi connectivity index (χ0n) is 14.4. The molecule has 0 aliphatic rings. The molecule has 0 unspecified atom stereocenters. The van der Waals surface area contributed by atoms with Crippen LogP contribution in [-0.4, -0.2) is 21.4 Å². The molecule has 0 radical (unpaired) electrons. The van der Waals surface area contributed by atoms with Crippen LogP contribution in [-0.2, 0) is 21.2 Å². The van der Waals surface area contributed by atoms with Crippen molar-refractivity contribution < 1.29 is 17.9 Å². The fourth-order valence-corrected chi connectivity index (χ4v) is 3.73. The second kappa shape index (κ2) is 7.56. The average Bonchev–Trinajstić information content (AvgIpc) is 2.61. The number of methoxy groups -OCH3 is 1. The van der Waals surface area contributed by atoms with E-state index in [0.717, 1.165) is 0 Å². The molecule has 0 aliphatic carbocycles. The SMILES string of the molecule is COc1ccc2cc(NC(=O)Cc3ccccc3Cl)cc(S(N)(=O)=O)c2c1. The maximum Gasteiger partial charge on any atom is 0.238 e. The molecular weight excluding hydrogens is 388 g/mol. The summed E-state index contributed by atoms with van der Waals surface area (Å²) < 4.78 is 29.2. The number of hydrogen-bond donors (Lipinski definition) is 2. The van der Waals surface area contributed by atoms with Gasteiger partial charge >= 0.3 is 0 Å². The van der Waals surface area contributed by atoms with Crippen LogP contribution in [0.3, 0.4) is 0 Å². The third-order valence-electron chi connectivity index (χ3n) is 4.02. The maximum atomic E-state index is 12.4. The van der Waals surface area contributed by atoms with Crippen molar-refractivity contribution in [1.82, 2.24) is 0 Å². The van der Waals surface area contributed by atoms with E-state index in [1.807, 2.05) is 0 Å². The molecule has 0 aliphatic heterocycles. The van der Waals surface area contributed by atoms with Crippen molar-refractivity contribution in [2.45, 2.75) is 11.3 Å². The zero-order valence-corrected chi connectivity index (χ0v) is 16.0. The van der Waals surface area contributed by atoms with Gasteiger partial charge in [0.2, 0.25) is 15.9 Å². The molecule has 0 aromatic heterocycles. The molecule has 3 N–H and O–H groups in total. The van der Waals surface area contributed by atoms with Gasteiger partial charge in [0.05, 0.1) is 18.4 Å². The first-order valence-corrected chi connectivity index (χ1v) is 9.88. The highest BCUT2D eigenvalue weighted by atomic mass is 35.5. The Morgan fingerprint density at radius 2 is 1.89 bits per heavy atom. The van der Waals surface area contributed by atoms with E-state index in [1.165, 1.54) is 13.2 Å². The van der Waals surface area contributed by atoms with Gasteiger partial charge in [-0.1, -0.05) is 35.9 Å². The van der Waals surface area contributed by atoms with Crippen molar-refractivity contribution in [3.05, 3.63) is 65.2 Å². The van der Waals surface area contributed by atoms with Gasteiger partial charge in [-0.3, -0.25) is 4.79 Å². The summed E-state index contributed by atoms with van der Waals surface area (Å²) in [5.41, 5.74) is 1.00. The lowest BCUT2D eigenvalue weighted by molar-refractivity contribution is -0.115. The Hall–Kier alpha value is -2.61. The van der Waals surface area contributed by atoms with E-state index >= 15 is 0 Å². The molecule has 0 spiro atoms. The van der Waals surface area contributed by atoms with Gasteiger partial charge in [0.25, 0.3) is 0 Å². The van der Waals surface area contributed by atoms with Crippen LogP contribution in [0.25, 0.3) is 10.8 Å². The van der Waals surface area contributed by atoms with Gasteiger partial charge in [0.1, 0.15) is 5.75 Å². The summed E-state index contributed by atoms with van der Waals surface area (Å²) in [6, 6.07) is 15.0. The van der Waals surface area contributed by atoms with Crippen LogP contribution in [0, 0.1) is 0 Å². The number of hydrogen-bond acceptors (Lipinski definition) is 4. The number of nitrogens with two attached hydrogens (primary N) is 1. The van der Waals surface area contributed by atoms with Crippen LogP contribution in [0.5, 0.6) is 5.75 Å². The third-order valence-corrected chi connectivity index (χ3v) is 5.34. The van der Waals surface area contributed by atoms with Gasteiger partial charge in [-0.05, 0) is 41.3 Å². The van der Waals surface area contributed by atoms with Crippen molar-refractivity contribution in [2.24, 2.45) is 5.14 Å². The molecule has 27 heavy (non-hydrogen) atoms. The number of benzene rings is 3. The standard InChI is InChI=1S/C19H17ClN2O4S/c1-26-15-7-6-12-8-14(10-18(16(12)11-15)27(21,24)25)22-19(23)9-13-4-2-3-5-17(13)20/h2-8,10-11H,9H2,1H3,(H,22,23)(H2,21,24,25). The molecule has 6 nitrogen and oxygen atoms in total. The summed E-state index contributed by atoms with van der Waals surface area (Å²) in [6.07, 6.45) is 0.0605. The molecule has 8 heteroatoms. The fraction of sp³-hybridized carbons (Fsp3) is 0.105. The van der Waals surface area contributed by atoms with E-state index in [9.17, 15) is 13.2 Å². The Morgan fingerprint density at radius 1 is 1.15 bits per heavy atom. The van der Waals surface area contributed by atoms with Crippen LogP contribution in [0.1, 0.15) is 5.56 Å². The number of carbonyl (C=O) groups is 1. The van der Waals surface area contributed by atoms with Crippen molar-refractivity contribution in [2.75, 3.05) is 12.4 Å². The number of rotatable bonds is 5. The lowest BCUT2D eigenvalue weighted by Crippen LogP contribution is -2.17. The number of primary sulfonamides is 1. The predicted octanol–water partition coefficient (Wildman–Crippen LogP) is 3.33. The Kier molecular flexibility index (Phi) is 5.36. The monoisotopic (exact) mass is 404 g/mol. The van der Waals surface area contributed by atoms with Gasteiger partial charge in [-0.2, -0.15) is 0 Å². The second-order valence-corrected chi connectivity index (χ2v) is 7.86. The quantitative estimate of drug-likeness (QED) is 0.681. The first-order chi connectivity index (χ1) is 12.8. The van der Waals surface area contributed by atoms with E-state index < -0.39 is 10.0 Å². The van der Waals surface area contributed by atoms with E-state index in [0.29, 0.717) is 32.8 Å². The van der Waals surface area contributed by atoms with Gasteiger partial charge in [0, 0.05) is 16.1 Å². The molecule has 0 heterocycles. The van der Waals surface area contributed by atoms with Gasteiger partial charge < -0.3 is 10.1 Å². The van der Waals surface area contributed by atoms with Gasteiger partial charge in [0.15, 0.2) is 0 Å². The van der Waals surface area contributed by atoms with E-state index in [4.69, 9.17) is 21.5 Å². The van der Waals surface area contributed by atoms with Crippen LogP contribution in [0.2, 0.25) is 5.02 Å².